The van der Waals surface area contributed by atoms with Gasteiger partial charge in [0.05, 0.1) is 0 Å². The van der Waals surface area contributed by atoms with Crippen molar-refractivity contribution in [2.75, 3.05) is 0 Å². The van der Waals surface area contributed by atoms with Crippen molar-refractivity contribution in [3.05, 3.63) is 154 Å². The fourth-order valence-corrected chi connectivity index (χ4v) is 42.2. The van der Waals surface area contributed by atoms with E-state index in [1.54, 1.807) is 0 Å². The van der Waals surface area contributed by atoms with E-state index in [0.717, 1.165) is 0 Å². The van der Waals surface area contributed by atoms with Crippen molar-refractivity contribution in [3.8, 4) is 22.3 Å². The molecular weight excluding hydrogens is 719 g/mol. The SMILES string of the molecule is CC1=Cc2c(-c3ccc(C)c4ccccc34)cccc2[CH]1[Zr]([Cl])([Cl])([CH]1C(C)=Cc2c(-c3ccc(C)c4ccccc34)cccc21)[SiH](C)C. The van der Waals surface area contributed by atoms with Gasteiger partial charge in [-0.1, -0.05) is 0 Å². The predicted octanol–water partition coefficient (Wildman–Crippen LogP) is 13.5. The Kier molecular flexibility index (Phi) is 7.74. The van der Waals surface area contributed by atoms with Crippen LogP contribution in [0.4, 0.5) is 0 Å². The number of allylic oxidation sites excluding steroid dienone is 2. The van der Waals surface area contributed by atoms with Crippen molar-refractivity contribution in [1.29, 1.82) is 0 Å². The maximum absolute atomic E-state index is 8.57. The zero-order chi connectivity index (χ0) is 33.6. The van der Waals surface area contributed by atoms with Crippen LogP contribution in [0.3, 0.4) is 0 Å². The standard InChI is InChI=1S/2C21H17.C2H7Si.2ClH.Zr/c2*1-14-12-16-6-5-9-19(21(16)13-14)20-11-10-15(2)17-7-3-4-8-18(17)20;1-3-2;;;/h2*3-13H,1-2H3;3H,1-2H3;2*1H;/q;;;;;+2/p-2. The molecule has 0 spiro atoms. The van der Waals surface area contributed by atoms with Gasteiger partial charge >= 0.3 is 296 Å². The molecule has 0 fully saturated rings. The first kappa shape index (κ1) is 32.2. The normalized spacial score (nSPS) is 18.1. The van der Waals surface area contributed by atoms with Gasteiger partial charge in [-0.05, 0) is 0 Å². The molecule has 8 rings (SSSR count). The van der Waals surface area contributed by atoms with E-state index in [-0.39, 0.29) is 7.25 Å². The Balaban J connectivity index is 1.32. The summed E-state index contributed by atoms with van der Waals surface area (Å²) in [6, 6.07) is 40.4. The predicted molar refractivity (Wildman–Crippen MR) is 212 cm³/mol. The summed E-state index contributed by atoms with van der Waals surface area (Å²) in [5.74, 6) is -1.63. The average molecular weight is 760 g/mol. The molecule has 0 nitrogen and oxygen atoms in total. The molecule has 6 aromatic rings. The number of hydrogen-bond donors (Lipinski definition) is 0. The zero-order valence-electron chi connectivity index (χ0n) is 28.5. The molecule has 239 valence electrons. The van der Waals surface area contributed by atoms with E-state index < -0.39 is 21.5 Å². The second-order valence-corrected chi connectivity index (χ2v) is 57.1. The molecule has 4 heteroatoms. The molecule has 0 saturated heterocycles. The van der Waals surface area contributed by atoms with Gasteiger partial charge in [-0.3, -0.25) is 0 Å². The average Bonchev–Trinajstić information content (AvgIpc) is 3.62. The minimum absolute atomic E-state index is 0.0660. The second-order valence-electron chi connectivity index (χ2n) is 14.6. The molecule has 0 radical (unpaired) electrons. The molecule has 2 unspecified atom stereocenters. The van der Waals surface area contributed by atoms with Gasteiger partial charge in [0.15, 0.2) is 0 Å². The first-order valence-electron chi connectivity index (χ1n) is 17.2. The fraction of sp³-hybridized carbons (Fsp3) is 0.182. The van der Waals surface area contributed by atoms with Gasteiger partial charge in [0.1, 0.15) is 0 Å². The number of rotatable bonds is 5. The maximum atomic E-state index is 8.57. The van der Waals surface area contributed by atoms with Crippen LogP contribution in [0, 0.1) is 13.8 Å². The Hall–Kier alpha value is -3.00. The summed E-state index contributed by atoms with van der Waals surface area (Å²) in [7, 11) is 17.1. The van der Waals surface area contributed by atoms with Crippen molar-refractivity contribution in [1.82, 2.24) is 0 Å². The molecule has 0 N–H and O–H groups in total. The van der Waals surface area contributed by atoms with E-state index in [9.17, 15) is 0 Å². The van der Waals surface area contributed by atoms with E-state index in [0.29, 0.717) is 0 Å². The summed E-state index contributed by atoms with van der Waals surface area (Å²) in [5.41, 5.74) is 15.6. The van der Waals surface area contributed by atoms with Crippen LogP contribution in [0.25, 0.3) is 56.0 Å². The Morgan fingerprint density at radius 2 is 0.854 bits per heavy atom. The minimum atomic E-state index is -4.80. The van der Waals surface area contributed by atoms with Gasteiger partial charge in [-0.15, -0.1) is 0 Å². The summed E-state index contributed by atoms with van der Waals surface area (Å²) in [5, 5.41) is 5.19. The molecule has 48 heavy (non-hydrogen) atoms. The van der Waals surface area contributed by atoms with Crippen LogP contribution in [0.5, 0.6) is 0 Å². The number of benzene rings is 6. The summed E-state index contributed by atoms with van der Waals surface area (Å²) >= 11 is -4.80. The van der Waals surface area contributed by atoms with E-state index in [4.69, 9.17) is 17.0 Å². The van der Waals surface area contributed by atoms with E-state index in [1.807, 2.05) is 0 Å². The van der Waals surface area contributed by atoms with Crippen molar-refractivity contribution < 1.29 is 15.6 Å². The molecule has 0 aliphatic heterocycles. The molecule has 0 bridgehead atoms. The monoisotopic (exact) mass is 757 g/mol. The summed E-state index contributed by atoms with van der Waals surface area (Å²) in [4.78, 5) is 0. The second kappa shape index (κ2) is 11.5. The first-order valence-corrected chi connectivity index (χ1v) is 33.5. The first-order chi connectivity index (χ1) is 23.0. The van der Waals surface area contributed by atoms with Crippen LogP contribution in [0.2, 0.25) is 13.1 Å². The van der Waals surface area contributed by atoms with E-state index in [1.165, 1.54) is 88.3 Å². The molecule has 2 aliphatic rings. The van der Waals surface area contributed by atoms with Crippen molar-refractivity contribution in [3.63, 3.8) is 0 Å². The van der Waals surface area contributed by atoms with Gasteiger partial charge < -0.3 is 0 Å². The van der Waals surface area contributed by atoms with Crippen molar-refractivity contribution in [2.24, 2.45) is 0 Å². The van der Waals surface area contributed by atoms with Gasteiger partial charge in [0.25, 0.3) is 0 Å². The Labute approximate surface area is 293 Å². The molecule has 0 amide bonds. The van der Waals surface area contributed by atoms with Gasteiger partial charge in [0, 0.05) is 0 Å². The van der Waals surface area contributed by atoms with Crippen LogP contribution in [0.1, 0.15) is 54.5 Å². The summed E-state index contributed by atoms with van der Waals surface area (Å²) in [6.45, 7) is 13.8. The summed E-state index contributed by atoms with van der Waals surface area (Å²) in [6.07, 6.45) is 4.84. The van der Waals surface area contributed by atoms with E-state index >= 15 is 0 Å². The van der Waals surface area contributed by atoms with Crippen LogP contribution in [-0.2, 0) is 15.6 Å². The molecule has 2 atom stereocenters. The molecular formula is C44H41Cl2SiZr. The van der Waals surface area contributed by atoms with Crippen LogP contribution in [-0.4, -0.2) is 5.92 Å². The number of fused-ring (bicyclic) bond motifs is 4. The summed E-state index contributed by atoms with van der Waals surface area (Å²) < 4.78 is 0.132. The fourth-order valence-electron chi connectivity index (χ4n) is 9.24. The Morgan fingerprint density at radius 1 is 0.458 bits per heavy atom. The van der Waals surface area contributed by atoms with Crippen molar-refractivity contribution in [2.45, 2.75) is 48.0 Å². The van der Waals surface area contributed by atoms with Crippen LogP contribution >= 0.6 is 17.0 Å². The number of halogens is 2. The zero-order valence-corrected chi connectivity index (χ0v) is 33.7. The number of hydrogen-bond acceptors (Lipinski definition) is 0. The molecule has 0 saturated carbocycles. The molecule has 6 aromatic carbocycles. The van der Waals surface area contributed by atoms with E-state index in [2.05, 4.69) is 162 Å². The van der Waals surface area contributed by atoms with Crippen LogP contribution in [0.15, 0.2) is 120 Å². The number of aryl methyl sites for hydroxylation is 2. The quantitative estimate of drug-likeness (QED) is 0.154. The van der Waals surface area contributed by atoms with Gasteiger partial charge in [0.2, 0.25) is 0 Å². The third-order valence-electron chi connectivity index (χ3n) is 11.6. The Morgan fingerprint density at radius 3 is 1.25 bits per heavy atom. The van der Waals surface area contributed by atoms with Crippen molar-refractivity contribution >= 4 is 56.6 Å². The Bertz CT molecular complexity index is 2220. The molecule has 0 heterocycles. The molecule has 0 aromatic heterocycles. The van der Waals surface area contributed by atoms with Crippen LogP contribution < -0.4 is 0 Å². The van der Waals surface area contributed by atoms with Gasteiger partial charge in [-0.25, -0.2) is 0 Å². The topological polar surface area (TPSA) is 0 Å². The molecule has 2 aliphatic carbocycles. The third-order valence-corrected chi connectivity index (χ3v) is 63.9. The third kappa shape index (κ3) is 4.56. The van der Waals surface area contributed by atoms with Gasteiger partial charge in [-0.2, -0.15) is 0 Å².